The Kier molecular flexibility index (Phi) is 7.59. The largest absolute Gasteiger partial charge is 0.505 e. The van der Waals surface area contributed by atoms with Crippen molar-refractivity contribution in [1.82, 2.24) is 29.0 Å². The number of hydrogen-bond acceptors (Lipinski definition) is 7. The fourth-order valence-corrected chi connectivity index (χ4v) is 5.24. The molecule has 0 aliphatic carbocycles. The predicted octanol–water partition coefficient (Wildman–Crippen LogP) is 1.59. The molecule has 0 radical (unpaired) electrons. The minimum Gasteiger partial charge on any atom is -0.505 e. The van der Waals surface area contributed by atoms with Gasteiger partial charge in [0.2, 0.25) is 6.17 Å². The van der Waals surface area contributed by atoms with Gasteiger partial charge in [0.05, 0.1) is 13.1 Å². The number of fused-ring (bicyclic) bond motifs is 2. The molecule has 14 heteroatoms. The van der Waals surface area contributed by atoms with Gasteiger partial charge in [-0.15, -0.1) is 0 Å². The van der Waals surface area contributed by atoms with Gasteiger partial charge >= 0.3 is 5.97 Å². The van der Waals surface area contributed by atoms with Crippen LogP contribution in [-0.4, -0.2) is 57.7 Å². The highest BCUT2D eigenvalue weighted by atomic mass is 16.4. The summed E-state index contributed by atoms with van der Waals surface area (Å²) in [5.41, 5.74) is -1.76. The van der Waals surface area contributed by atoms with Gasteiger partial charge in [0, 0.05) is 12.4 Å². The zero-order valence-electron chi connectivity index (χ0n) is 23.9. The highest BCUT2D eigenvalue weighted by molar-refractivity contribution is 6.03. The third kappa shape index (κ3) is 5.23. The lowest BCUT2D eigenvalue weighted by molar-refractivity contribution is -0.139. The second-order valence-corrected chi connectivity index (χ2v) is 10.3. The van der Waals surface area contributed by atoms with Crippen molar-refractivity contribution in [3.63, 3.8) is 0 Å². The fourth-order valence-electron chi connectivity index (χ4n) is 5.24. The quantitative estimate of drug-likeness (QED) is 0.150. The molecule has 232 valence electrons. The molecule has 0 atom stereocenters. The molecule has 0 saturated heterocycles. The lowest BCUT2D eigenvalue weighted by Gasteiger charge is -2.19. The summed E-state index contributed by atoms with van der Waals surface area (Å²) in [7, 11) is 0. The molecular formula is C32H26N6O8. The van der Waals surface area contributed by atoms with Gasteiger partial charge in [-0.25, -0.2) is 14.2 Å². The Balaban J connectivity index is 1.33. The van der Waals surface area contributed by atoms with E-state index in [1.165, 1.54) is 42.9 Å². The topological polar surface area (TPSA) is 189 Å². The predicted molar refractivity (Wildman–Crippen MR) is 164 cm³/mol. The third-order valence-corrected chi connectivity index (χ3v) is 7.43. The Morgan fingerprint density at radius 1 is 0.609 bits per heavy atom. The summed E-state index contributed by atoms with van der Waals surface area (Å²) < 4.78 is 5.10. The highest BCUT2D eigenvalue weighted by Gasteiger charge is 2.31. The van der Waals surface area contributed by atoms with Gasteiger partial charge in [-0.05, 0) is 35.4 Å². The summed E-state index contributed by atoms with van der Waals surface area (Å²) in [6.45, 7) is 0.0303. The van der Waals surface area contributed by atoms with E-state index in [4.69, 9.17) is 0 Å². The van der Waals surface area contributed by atoms with Gasteiger partial charge in [-0.3, -0.25) is 28.2 Å². The van der Waals surface area contributed by atoms with E-state index in [0.717, 1.165) is 0 Å². The van der Waals surface area contributed by atoms with Crippen molar-refractivity contribution in [1.29, 1.82) is 0 Å². The number of aromatic hydroxyl groups is 2. The molecule has 0 aliphatic heterocycles. The minimum absolute atomic E-state index is 0.0151. The maximum Gasteiger partial charge on any atom is 0.347 e. The lowest BCUT2D eigenvalue weighted by Crippen LogP contribution is -2.54. The Bertz CT molecular complexity index is 2100. The summed E-state index contributed by atoms with van der Waals surface area (Å²) in [5, 5.41) is 35.7. The molecule has 4 heterocycles. The zero-order chi connectivity index (χ0) is 32.5. The molecule has 0 spiro atoms. The number of nitrogens with one attached hydrogen (secondary N) is 2. The van der Waals surface area contributed by atoms with Crippen LogP contribution >= 0.6 is 0 Å². The molecular weight excluding hydrogens is 596 g/mol. The number of aromatic nitrogens is 4. The number of benzene rings is 2. The van der Waals surface area contributed by atoms with Crippen LogP contribution in [0.3, 0.4) is 0 Å². The molecule has 2 aromatic carbocycles. The monoisotopic (exact) mass is 622 g/mol. The molecule has 0 bridgehead atoms. The summed E-state index contributed by atoms with van der Waals surface area (Å²) in [5.74, 6) is -5.75. The molecule has 0 aliphatic rings. The van der Waals surface area contributed by atoms with Crippen LogP contribution < -0.4 is 21.8 Å². The number of amides is 2. The zero-order valence-corrected chi connectivity index (χ0v) is 23.9. The first-order valence-corrected chi connectivity index (χ1v) is 13.9. The van der Waals surface area contributed by atoms with Gasteiger partial charge in [-0.2, -0.15) is 0 Å². The van der Waals surface area contributed by atoms with Crippen molar-refractivity contribution in [2.24, 2.45) is 0 Å². The summed E-state index contributed by atoms with van der Waals surface area (Å²) in [6, 6.07) is 23.7. The van der Waals surface area contributed by atoms with Crippen LogP contribution in [0.1, 0.15) is 31.8 Å². The lowest BCUT2D eigenvalue weighted by atomic mass is 10.2. The number of rotatable bonds is 9. The number of nitrogens with zero attached hydrogens (tertiary/aromatic N) is 4. The van der Waals surface area contributed by atoms with Crippen LogP contribution in [0.4, 0.5) is 0 Å². The first-order valence-electron chi connectivity index (χ1n) is 13.9. The number of carbonyl (C=O) groups excluding carboxylic acids is 2. The first-order chi connectivity index (χ1) is 22.2. The maximum atomic E-state index is 13.5. The van der Waals surface area contributed by atoms with E-state index in [9.17, 15) is 39.3 Å². The summed E-state index contributed by atoms with van der Waals surface area (Å²) >= 11 is 0. The van der Waals surface area contributed by atoms with Crippen LogP contribution in [0.5, 0.6) is 11.5 Å². The van der Waals surface area contributed by atoms with Crippen LogP contribution in [-0.2, 0) is 17.9 Å². The SMILES string of the molecule is O=C(NC(NC(=O)c1c(O)c2cccn2n(Cc2ccccc2)c1=O)C(=O)O)c1c(O)c2cccn2n(Cc2ccccc2)c1=O. The smallest absolute Gasteiger partial charge is 0.347 e. The third-order valence-electron chi connectivity index (χ3n) is 7.43. The van der Waals surface area contributed by atoms with Crippen LogP contribution in [0, 0.1) is 0 Å². The van der Waals surface area contributed by atoms with E-state index in [1.807, 2.05) is 10.6 Å². The number of carboxylic acids is 1. The van der Waals surface area contributed by atoms with E-state index in [2.05, 4.69) is 0 Å². The standard InChI is InChI=1S/C32H26N6O8/c39-25-21-13-7-15-35(21)37(17-19-9-3-1-4-10-19)30(43)23(25)28(41)33-27(32(45)46)34-29(42)24-26(40)22-14-8-16-36(22)38(31(24)44)18-20-11-5-2-6-12-20/h1-16,27,39-40H,17-18H2,(H,33,41)(H,34,42)(H,45,46). The second-order valence-electron chi connectivity index (χ2n) is 10.3. The highest BCUT2D eigenvalue weighted by Crippen LogP contribution is 2.23. The molecule has 2 amide bonds. The fraction of sp³-hybridized carbons (Fsp3) is 0.0938. The first kappa shape index (κ1) is 29.5. The van der Waals surface area contributed by atoms with E-state index in [1.54, 1.807) is 72.8 Å². The van der Waals surface area contributed by atoms with Crippen LogP contribution in [0.25, 0.3) is 11.0 Å². The second kappa shape index (κ2) is 11.8. The molecule has 6 rings (SSSR count). The number of carbonyl (C=O) groups is 3. The summed E-state index contributed by atoms with van der Waals surface area (Å²) in [6.07, 6.45) is 0.856. The average molecular weight is 623 g/mol. The van der Waals surface area contributed by atoms with Gasteiger partial charge in [0.25, 0.3) is 22.9 Å². The number of aliphatic carboxylic acids is 1. The molecule has 6 aromatic rings. The Morgan fingerprint density at radius 3 is 1.37 bits per heavy atom. The van der Waals surface area contributed by atoms with Crippen molar-refractivity contribution in [3.8, 4) is 11.5 Å². The molecule has 5 N–H and O–H groups in total. The molecule has 46 heavy (non-hydrogen) atoms. The number of carboxylic acid groups (broad SMARTS) is 1. The molecule has 14 nitrogen and oxygen atoms in total. The van der Waals surface area contributed by atoms with Crippen molar-refractivity contribution in [3.05, 3.63) is 140 Å². The average Bonchev–Trinajstić information content (AvgIpc) is 3.73. The van der Waals surface area contributed by atoms with Crippen molar-refractivity contribution in [2.75, 3.05) is 0 Å². The van der Waals surface area contributed by atoms with E-state index in [0.29, 0.717) is 11.1 Å². The van der Waals surface area contributed by atoms with Gasteiger partial charge in [0.1, 0.15) is 22.2 Å². The molecule has 0 saturated carbocycles. The van der Waals surface area contributed by atoms with Crippen LogP contribution in [0.15, 0.2) is 107 Å². The Hall–Kier alpha value is -6.57. The Labute approximate surface area is 258 Å². The van der Waals surface area contributed by atoms with Crippen molar-refractivity contribution in [2.45, 2.75) is 19.3 Å². The molecule has 0 fully saturated rings. The molecule has 0 unspecified atom stereocenters. The van der Waals surface area contributed by atoms with E-state index >= 15 is 0 Å². The summed E-state index contributed by atoms with van der Waals surface area (Å²) in [4.78, 5) is 66.0. The van der Waals surface area contributed by atoms with Crippen molar-refractivity contribution < 1.29 is 29.7 Å². The van der Waals surface area contributed by atoms with Crippen LogP contribution in [0.2, 0.25) is 0 Å². The Morgan fingerprint density at radius 2 is 1.00 bits per heavy atom. The maximum absolute atomic E-state index is 13.5. The van der Waals surface area contributed by atoms with E-state index < -0.39 is 57.7 Å². The van der Waals surface area contributed by atoms with Gasteiger partial charge < -0.3 is 26.0 Å². The normalized spacial score (nSPS) is 11.2. The minimum atomic E-state index is -2.17. The molecule has 4 aromatic heterocycles. The van der Waals surface area contributed by atoms with E-state index in [-0.39, 0.29) is 24.1 Å². The van der Waals surface area contributed by atoms with Crippen molar-refractivity contribution >= 4 is 28.8 Å². The van der Waals surface area contributed by atoms with Gasteiger partial charge in [-0.1, -0.05) is 60.7 Å². The van der Waals surface area contributed by atoms with Gasteiger partial charge in [0.15, 0.2) is 11.5 Å². The number of hydrogen-bond donors (Lipinski definition) is 5.